The Kier molecular flexibility index (Phi) is 6.81. The molecule has 0 atom stereocenters. The summed E-state index contributed by atoms with van der Waals surface area (Å²) in [5.74, 6) is 2.27. The minimum absolute atomic E-state index is 0. The van der Waals surface area contributed by atoms with Gasteiger partial charge in [-0.25, -0.2) is 0 Å². The van der Waals surface area contributed by atoms with Gasteiger partial charge in [-0.1, -0.05) is 12.1 Å². The first-order chi connectivity index (χ1) is 12.7. The molecule has 2 aliphatic heterocycles. The molecule has 0 bridgehead atoms. The number of fused-ring (bicyclic) bond motifs is 1. The second-order valence-electron chi connectivity index (χ2n) is 6.95. The fraction of sp³-hybridized carbons (Fsp3) is 0.474. The minimum atomic E-state index is -0.138. The molecular weight excluding hydrogens is 382 g/mol. The van der Waals surface area contributed by atoms with E-state index >= 15 is 0 Å². The van der Waals surface area contributed by atoms with Gasteiger partial charge in [0.05, 0.1) is 0 Å². The molecule has 1 fully saturated rings. The van der Waals surface area contributed by atoms with E-state index < -0.39 is 0 Å². The van der Waals surface area contributed by atoms with Crippen molar-refractivity contribution in [3.8, 4) is 0 Å². The largest absolute Gasteiger partial charge is 0.320 e. The van der Waals surface area contributed by atoms with Crippen molar-refractivity contribution in [2.45, 2.75) is 26.4 Å². The molecule has 3 heterocycles. The summed E-state index contributed by atoms with van der Waals surface area (Å²) in [4.78, 5) is 15.2. The van der Waals surface area contributed by atoms with Gasteiger partial charge in [0, 0.05) is 67.6 Å². The number of aromatic nitrogens is 2. The summed E-state index contributed by atoms with van der Waals surface area (Å²) in [6, 6.07) is 6.35. The highest BCUT2D eigenvalue weighted by Gasteiger charge is 2.22. The maximum absolute atomic E-state index is 12.8. The van der Waals surface area contributed by atoms with Gasteiger partial charge in [-0.3, -0.25) is 14.8 Å². The molecule has 0 radical (unpaired) electrons. The number of halogens is 1. The van der Waals surface area contributed by atoms with E-state index in [9.17, 15) is 4.79 Å². The third-order valence-corrected chi connectivity index (χ3v) is 6.02. The predicted octanol–water partition coefficient (Wildman–Crippen LogP) is 2.59. The van der Waals surface area contributed by atoms with Crippen molar-refractivity contribution in [1.82, 2.24) is 20.4 Å². The van der Waals surface area contributed by atoms with Crippen molar-refractivity contribution < 1.29 is 4.79 Å². The van der Waals surface area contributed by atoms with Crippen LogP contribution in [0.3, 0.4) is 0 Å². The van der Waals surface area contributed by atoms with Gasteiger partial charge < -0.3 is 10.6 Å². The number of nitrogens with one attached hydrogen (secondary N) is 3. The zero-order valence-electron chi connectivity index (χ0n) is 15.5. The lowest BCUT2D eigenvalue weighted by atomic mass is 10.1. The molecule has 146 valence electrons. The quantitative estimate of drug-likeness (QED) is 0.726. The van der Waals surface area contributed by atoms with Crippen molar-refractivity contribution in [2.24, 2.45) is 0 Å². The highest BCUT2D eigenvalue weighted by molar-refractivity contribution is 7.99. The lowest BCUT2D eigenvalue weighted by Crippen LogP contribution is -2.32. The number of hydrogen-bond acceptors (Lipinski definition) is 5. The number of hydrogen-bond donors (Lipinski definition) is 3. The minimum Gasteiger partial charge on any atom is -0.320 e. The average molecular weight is 408 g/mol. The number of carbonyl (C=O) groups excluding carboxylic acids is 1. The number of amides is 1. The second-order valence-corrected chi connectivity index (χ2v) is 8.17. The van der Waals surface area contributed by atoms with Crippen molar-refractivity contribution in [1.29, 1.82) is 0 Å². The maximum Gasteiger partial charge on any atom is 0.276 e. The molecule has 1 amide bonds. The van der Waals surface area contributed by atoms with Crippen molar-refractivity contribution in [3.63, 3.8) is 0 Å². The summed E-state index contributed by atoms with van der Waals surface area (Å²) >= 11 is 2.02. The van der Waals surface area contributed by atoms with Crippen LogP contribution in [0.15, 0.2) is 18.2 Å². The molecule has 2 aliphatic rings. The Morgan fingerprint density at radius 2 is 2.15 bits per heavy atom. The van der Waals surface area contributed by atoms with Gasteiger partial charge in [0.25, 0.3) is 5.91 Å². The number of H-pyrrole nitrogens is 1. The van der Waals surface area contributed by atoms with Crippen LogP contribution in [0.4, 0.5) is 5.69 Å². The van der Waals surface area contributed by atoms with E-state index in [1.807, 2.05) is 18.7 Å². The molecule has 8 heteroatoms. The number of carbonyl (C=O) groups is 1. The summed E-state index contributed by atoms with van der Waals surface area (Å²) < 4.78 is 0. The summed E-state index contributed by atoms with van der Waals surface area (Å²) in [5.41, 5.74) is 5.75. The van der Waals surface area contributed by atoms with E-state index in [0.29, 0.717) is 12.2 Å². The van der Waals surface area contributed by atoms with Gasteiger partial charge in [0.1, 0.15) is 0 Å². The van der Waals surface area contributed by atoms with Crippen LogP contribution in [0, 0.1) is 6.92 Å². The number of aryl methyl sites for hydroxylation is 1. The fourth-order valence-electron chi connectivity index (χ4n) is 3.51. The van der Waals surface area contributed by atoms with Crippen LogP contribution >= 0.6 is 24.2 Å². The first-order valence-electron chi connectivity index (χ1n) is 9.18. The Balaban J connectivity index is 0.00000210. The van der Waals surface area contributed by atoms with E-state index in [4.69, 9.17) is 0 Å². The third kappa shape index (κ3) is 4.66. The third-order valence-electron chi connectivity index (χ3n) is 5.08. The molecule has 0 unspecified atom stereocenters. The first-order valence-corrected chi connectivity index (χ1v) is 10.3. The molecule has 0 aliphatic carbocycles. The average Bonchev–Trinajstić information content (AvgIpc) is 3.09. The summed E-state index contributed by atoms with van der Waals surface area (Å²) in [6.45, 7) is 6.84. The number of thioether (sulfide) groups is 1. The molecule has 1 aromatic carbocycles. The fourth-order valence-corrected chi connectivity index (χ4v) is 4.49. The number of nitrogens with zero attached hydrogens (tertiary/aromatic N) is 2. The second kappa shape index (κ2) is 9.10. The lowest BCUT2D eigenvalue weighted by molar-refractivity contribution is 0.102. The van der Waals surface area contributed by atoms with Crippen LogP contribution < -0.4 is 10.6 Å². The van der Waals surface area contributed by atoms with Crippen LogP contribution in [0.5, 0.6) is 0 Å². The van der Waals surface area contributed by atoms with Crippen LogP contribution in [0.2, 0.25) is 0 Å². The van der Waals surface area contributed by atoms with Gasteiger partial charge in [-0.2, -0.15) is 16.9 Å². The smallest absolute Gasteiger partial charge is 0.276 e. The molecule has 1 aromatic heterocycles. The van der Waals surface area contributed by atoms with E-state index in [1.165, 1.54) is 17.1 Å². The van der Waals surface area contributed by atoms with Crippen LogP contribution in [0.25, 0.3) is 0 Å². The monoisotopic (exact) mass is 407 g/mol. The molecule has 27 heavy (non-hydrogen) atoms. The number of anilines is 1. The number of benzene rings is 1. The summed E-state index contributed by atoms with van der Waals surface area (Å²) in [7, 11) is 0. The van der Waals surface area contributed by atoms with Gasteiger partial charge in [-0.05, 0) is 24.1 Å². The Labute approximate surface area is 170 Å². The van der Waals surface area contributed by atoms with Gasteiger partial charge in [0.2, 0.25) is 0 Å². The Morgan fingerprint density at radius 1 is 1.33 bits per heavy atom. The molecule has 0 saturated carbocycles. The van der Waals surface area contributed by atoms with Crippen molar-refractivity contribution >= 4 is 35.8 Å². The van der Waals surface area contributed by atoms with Gasteiger partial charge >= 0.3 is 0 Å². The maximum atomic E-state index is 12.8. The Morgan fingerprint density at radius 3 is 2.96 bits per heavy atom. The number of aromatic amines is 1. The standard InChI is InChI=1S/C19H25N5OS.ClH/c1-13-2-3-14(12-24-6-8-26-9-7-24)10-17(13)21-19(25)18-15-11-20-5-4-16(15)22-23-18;/h2-3,10,20H,4-9,11-12H2,1H3,(H,21,25)(H,22,23);1H. The molecule has 0 spiro atoms. The topological polar surface area (TPSA) is 73.0 Å². The molecule has 4 rings (SSSR count). The number of rotatable bonds is 4. The van der Waals surface area contributed by atoms with Crippen LogP contribution in [0.1, 0.15) is 32.9 Å². The lowest BCUT2D eigenvalue weighted by Gasteiger charge is -2.26. The van der Waals surface area contributed by atoms with Crippen molar-refractivity contribution in [3.05, 3.63) is 46.3 Å². The molecule has 6 nitrogen and oxygen atoms in total. The van der Waals surface area contributed by atoms with Crippen LogP contribution in [-0.4, -0.2) is 52.1 Å². The SMILES string of the molecule is Cc1ccc(CN2CCSCC2)cc1NC(=O)c1n[nH]c2c1CNCC2.Cl. The van der Waals surface area contributed by atoms with E-state index in [1.54, 1.807) is 0 Å². The Bertz CT molecular complexity index is 803. The normalized spacial score (nSPS) is 17.1. The van der Waals surface area contributed by atoms with Crippen LogP contribution in [-0.2, 0) is 19.5 Å². The van der Waals surface area contributed by atoms with E-state index in [-0.39, 0.29) is 18.3 Å². The van der Waals surface area contributed by atoms with Gasteiger partial charge in [0.15, 0.2) is 5.69 Å². The first kappa shape index (κ1) is 20.2. The molecule has 3 N–H and O–H groups in total. The summed E-state index contributed by atoms with van der Waals surface area (Å²) in [6.07, 6.45) is 0.887. The molecular formula is C19H26ClN5OS. The van der Waals surface area contributed by atoms with Crippen molar-refractivity contribution in [2.75, 3.05) is 36.5 Å². The van der Waals surface area contributed by atoms with E-state index in [2.05, 4.69) is 43.9 Å². The zero-order chi connectivity index (χ0) is 17.9. The highest BCUT2D eigenvalue weighted by Crippen LogP contribution is 2.22. The van der Waals surface area contributed by atoms with E-state index in [0.717, 1.165) is 55.1 Å². The predicted molar refractivity (Wildman–Crippen MR) is 113 cm³/mol. The zero-order valence-corrected chi connectivity index (χ0v) is 17.1. The Hall–Kier alpha value is -1.54. The highest BCUT2D eigenvalue weighted by atomic mass is 35.5. The van der Waals surface area contributed by atoms with Gasteiger partial charge in [-0.15, -0.1) is 12.4 Å². The molecule has 2 aromatic rings. The summed E-state index contributed by atoms with van der Waals surface area (Å²) in [5, 5.41) is 13.6. The molecule has 1 saturated heterocycles.